The maximum atomic E-state index is 12.4. The van der Waals surface area contributed by atoms with E-state index in [0.29, 0.717) is 32.6 Å². The van der Waals surface area contributed by atoms with Gasteiger partial charge < -0.3 is 9.80 Å². The SMILES string of the molecule is Cc1ccccc1CC(=O)N1CCN(C(=O)C(C)C)CC1. The number of carbonyl (C=O) groups is 2. The molecule has 0 radical (unpaired) electrons. The van der Waals surface area contributed by atoms with E-state index in [-0.39, 0.29) is 17.7 Å². The molecule has 0 aromatic heterocycles. The molecule has 2 rings (SSSR count). The van der Waals surface area contributed by atoms with Gasteiger partial charge in [0.1, 0.15) is 0 Å². The van der Waals surface area contributed by atoms with Crippen LogP contribution in [0.1, 0.15) is 25.0 Å². The topological polar surface area (TPSA) is 40.6 Å². The molecule has 0 unspecified atom stereocenters. The second kappa shape index (κ2) is 6.74. The highest BCUT2D eigenvalue weighted by Gasteiger charge is 2.25. The smallest absolute Gasteiger partial charge is 0.227 e. The van der Waals surface area contributed by atoms with Gasteiger partial charge in [0.15, 0.2) is 0 Å². The van der Waals surface area contributed by atoms with Crippen molar-refractivity contribution in [2.75, 3.05) is 26.2 Å². The molecule has 21 heavy (non-hydrogen) atoms. The molecule has 0 bridgehead atoms. The number of aryl methyl sites for hydroxylation is 1. The molecule has 4 heteroatoms. The largest absolute Gasteiger partial charge is 0.339 e. The van der Waals surface area contributed by atoms with Gasteiger partial charge in [-0.15, -0.1) is 0 Å². The molecular weight excluding hydrogens is 264 g/mol. The standard InChI is InChI=1S/C17H24N2O2/c1-13(2)17(21)19-10-8-18(9-11-19)16(20)12-15-7-5-4-6-14(15)3/h4-7,13H,8-12H2,1-3H3. The lowest BCUT2D eigenvalue weighted by molar-refractivity contribution is -0.141. The number of amides is 2. The number of benzene rings is 1. The van der Waals surface area contributed by atoms with Crippen molar-refractivity contribution in [1.29, 1.82) is 0 Å². The van der Waals surface area contributed by atoms with Gasteiger partial charge in [0.2, 0.25) is 11.8 Å². The first-order valence-electron chi connectivity index (χ1n) is 7.60. The van der Waals surface area contributed by atoms with Crippen LogP contribution in [0.5, 0.6) is 0 Å². The number of nitrogens with zero attached hydrogens (tertiary/aromatic N) is 2. The molecule has 1 heterocycles. The fraction of sp³-hybridized carbons (Fsp3) is 0.529. The van der Waals surface area contributed by atoms with Crippen LogP contribution in [0.25, 0.3) is 0 Å². The lowest BCUT2D eigenvalue weighted by atomic mass is 10.1. The third kappa shape index (κ3) is 3.84. The summed E-state index contributed by atoms with van der Waals surface area (Å²) in [6, 6.07) is 7.99. The summed E-state index contributed by atoms with van der Waals surface area (Å²) < 4.78 is 0. The van der Waals surface area contributed by atoms with Crippen LogP contribution in [0.15, 0.2) is 24.3 Å². The van der Waals surface area contributed by atoms with Crippen LogP contribution >= 0.6 is 0 Å². The molecule has 1 aliphatic rings. The highest BCUT2D eigenvalue weighted by atomic mass is 16.2. The van der Waals surface area contributed by atoms with Gasteiger partial charge in [0, 0.05) is 32.1 Å². The summed E-state index contributed by atoms with van der Waals surface area (Å²) in [6.07, 6.45) is 0.449. The molecule has 1 aromatic rings. The Morgan fingerprint density at radius 3 is 2.19 bits per heavy atom. The summed E-state index contributed by atoms with van der Waals surface area (Å²) in [5, 5.41) is 0. The molecule has 0 saturated carbocycles. The Hall–Kier alpha value is -1.84. The fourth-order valence-corrected chi connectivity index (χ4v) is 2.62. The van der Waals surface area contributed by atoms with Gasteiger partial charge in [-0.3, -0.25) is 9.59 Å². The van der Waals surface area contributed by atoms with Gasteiger partial charge in [0.25, 0.3) is 0 Å². The zero-order chi connectivity index (χ0) is 15.4. The van der Waals surface area contributed by atoms with Crippen LogP contribution in [0.4, 0.5) is 0 Å². The number of rotatable bonds is 3. The van der Waals surface area contributed by atoms with Crippen molar-refractivity contribution >= 4 is 11.8 Å². The zero-order valence-corrected chi connectivity index (χ0v) is 13.1. The maximum Gasteiger partial charge on any atom is 0.227 e. The number of piperazine rings is 1. The molecule has 1 fully saturated rings. The van der Waals surface area contributed by atoms with Gasteiger partial charge in [-0.25, -0.2) is 0 Å². The first-order valence-corrected chi connectivity index (χ1v) is 7.60. The van der Waals surface area contributed by atoms with Crippen LogP contribution in [0, 0.1) is 12.8 Å². The highest BCUT2D eigenvalue weighted by Crippen LogP contribution is 2.12. The van der Waals surface area contributed by atoms with Crippen molar-refractivity contribution in [2.45, 2.75) is 27.2 Å². The van der Waals surface area contributed by atoms with Crippen molar-refractivity contribution in [1.82, 2.24) is 9.80 Å². The van der Waals surface area contributed by atoms with Crippen LogP contribution in [0.3, 0.4) is 0 Å². The van der Waals surface area contributed by atoms with E-state index in [0.717, 1.165) is 11.1 Å². The van der Waals surface area contributed by atoms with Crippen LogP contribution in [-0.4, -0.2) is 47.8 Å². The Balaban J connectivity index is 1.89. The zero-order valence-electron chi connectivity index (χ0n) is 13.1. The molecule has 114 valence electrons. The van der Waals surface area contributed by atoms with Gasteiger partial charge in [0.05, 0.1) is 6.42 Å². The van der Waals surface area contributed by atoms with Crippen molar-refractivity contribution in [3.63, 3.8) is 0 Å². The average Bonchev–Trinajstić information content (AvgIpc) is 2.49. The summed E-state index contributed by atoms with van der Waals surface area (Å²) in [4.78, 5) is 28.0. The Morgan fingerprint density at radius 1 is 1.05 bits per heavy atom. The maximum absolute atomic E-state index is 12.4. The van der Waals surface area contributed by atoms with Gasteiger partial charge in [-0.1, -0.05) is 38.1 Å². The first-order chi connectivity index (χ1) is 9.99. The van der Waals surface area contributed by atoms with Crippen molar-refractivity contribution in [3.8, 4) is 0 Å². The molecule has 0 spiro atoms. The number of hydrogen-bond donors (Lipinski definition) is 0. The highest BCUT2D eigenvalue weighted by molar-refractivity contribution is 5.81. The van der Waals surface area contributed by atoms with Crippen molar-refractivity contribution in [2.24, 2.45) is 5.92 Å². The Morgan fingerprint density at radius 2 is 1.62 bits per heavy atom. The summed E-state index contributed by atoms with van der Waals surface area (Å²) in [5.41, 5.74) is 2.24. The molecule has 2 amide bonds. The van der Waals surface area contributed by atoms with Crippen LogP contribution < -0.4 is 0 Å². The second-order valence-corrected chi connectivity index (χ2v) is 5.96. The van der Waals surface area contributed by atoms with E-state index in [4.69, 9.17) is 0 Å². The lowest BCUT2D eigenvalue weighted by Crippen LogP contribution is -2.51. The Kier molecular flexibility index (Phi) is 4.99. The third-order valence-electron chi connectivity index (χ3n) is 4.04. The monoisotopic (exact) mass is 288 g/mol. The molecule has 1 aromatic carbocycles. The van der Waals surface area contributed by atoms with E-state index in [9.17, 15) is 9.59 Å². The normalized spacial score (nSPS) is 15.4. The van der Waals surface area contributed by atoms with E-state index in [2.05, 4.69) is 0 Å². The van der Waals surface area contributed by atoms with E-state index < -0.39 is 0 Å². The Labute approximate surface area is 126 Å². The molecule has 0 atom stereocenters. The minimum absolute atomic E-state index is 0.0271. The van der Waals surface area contributed by atoms with Gasteiger partial charge >= 0.3 is 0 Å². The minimum Gasteiger partial charge on any atom is -0.339 e. The van der Waals surface area contributed by atoms with Crippen molar-refractivity contribution < 1.29 is 9.59 Å². The van der Waals surface area contributed by atoms with Gasteiger partial charge in [-0.05, 0) is 18.1 Å². The summed E-state index contributed by atoms with van der Waals surface area (Å²) in [5.74, 6) is 0.362. The molecule has 0 N–H and O–H groups in total. The predicted molar refractivity (Wildman–Crippen MR) is 82.9 cm³/mol. The summed E-state index contributed by atoms with van der Waals surface area (Å²) in [7, 11) is 0. The quantitative estimate of drug-likeness (QED) is 0.852. The number of carbonyl (C=O) groups excluding carboxylic acids is 2. The van der Waals surface area contributed by atoms with E-state index in [1.165, 1.54) is 0 Å². The predicted octanol–water partition coefficient (Wildman–Crippen LogP) is 1.86. The molecular formula is C17H24N2O2. The first kappa shape index (κ1) is 15.5. The van der Waals surface area contributed by atoms with Gasteiger partial charge in [-0.2, -0.15) is 0 Å². The summed E-state index contributed by atoms with van der Waals surface area (Å²) >= 11 is 0. The summed E-state index contributed by atoms with van der Waals surface area (Å²) in [6.45, 7) is 8.44. The van der Waals surface area contributed by atoms with Crippen molar-refractivity contribution in [3.05, 3.63) is 35.4 Å². The third-order valence-corrected chi connectivity index (χ3v) is 4.04. The minimum atomic E-state index is 0.0271. The van der Waals surface area contributed by atoms with E-state index in [1.54, 1.807) is 0 Å². The Bertz CT molecular complexity index is 517. The molecule has 0 aliphatic carbocycles. The lowest BCUT2D eigenvalue weighted by Gasteiger charge is -2.35. The molecule has 1 saturated heterocycles. The average molecular weight is 288 g/mol. The van der Waals surface area contributed by atoms with Crippen LogP contribution in [-0.2, 0) is 16.0 Å². The van der Waals surface area contributed by atoms with E-state index in [1.807, 2.05) is 54.8 Å². The number of hydrogen-bond acceptors (Lipinski definition) is 2. The molecule has 1 aliphatic heterocycles. The molecule has 4 nitrogen and oxygen atoms in total. The fourth-order valence-electron chi connectivity index (χ4n) is 2.62. The second-order valence-electron chi connectivity index (χ2n) is 5.96. The van der Waals surface area contributed by atoms with E-state index >= 15 is 0 Å². The van der Waals surface area contributed by atoms with Crippen LogP contribution in [0.2, 0.25) is 0 Å².